The first-order chi connectivity index (χ1) is 17.9. The molecule has 11 nitrogen and oxygen atoms in total. The molecule has 13 heteroatoms. The van der Waals surface area contributed by atoms with Crippen LogP contribution in [-0.4, -0.2) is 56.4 Å². The molecule has 37 heavy (non-hydrogen) atoms. The van der Waals surface area contributed by atoms with Crippen molar-refractivity contribution in [3.8, 4) is 10.4 Å². The Balaban J connectivity index is 1.28. The third-order valence-corrected chi connectivity index (χ3v) is 9.14. The molecular formula is C24H29N5O6S2. The summed E-state index contributed by atoms with van der Waals surface area (Å²) in [6.07, 6.45) is 7.58. The minimum absolute atomic E-state index is 0.0738. The van der Waals surface area contributed by atoms with Crippen LogP contribution in [0.5, 0.6) is 0 Å². The maximum absolute atomic E-state index is 13.1. The minimum atomic E-state index is -3.75. The predicted molar refractivity (Wildman–Crippen MR) is 137 cm³/mol. The number of hydrogen-bond donors (Lipinski definition) is 3. The summed E-state index contributed by atoms with van der Waals surface area (Å²) in [6, 6.07) is 5.48. The van der Waals surface area contributed by atoms with Crippen LogP contribution in [0, 0.1) is 0 Å². The highest BCUT2D eigenvalue weighted by molar-refractivity contribution is 7.89. The number of carbonyl (C=O) groups is 1. The van der Waals surface area contributed by atoms with Gasteiger partial charge in [0.05, 0.1) is 34.2 Å². The molecule has 1 aromatic carbocycles. The average Bonchev–Trinajstić information content (AvgIpc) is 3.55. The zero-order chi connectivity index (χ0) is 25.8. The normalized spacial score (nSPS) is 20.2. The van der Waals surface area contributed by atoms with E-state index in [2.05, 4.69) is 25.3 Å². The van der Waals surface area contributed by atoms with Crippen LogP contribution in [0.2, 0.25) is 0 Å². The van der Waals surface area contributed by atoms with Crippen molar-refractivity contribution in [1.29, 1.82) is 0 Å². The molecular weight excluding hydrogens is 518 g/mol. The molecule has 0 bridgehead atoms. The van der Waals surface area contributed by atoms with Gasteiger partial charge in [-0.05, 0) is 37.8 Å². The van der Waals surface area contributed by atoms with Crippen molar-refractivity contribution < 1.29 is 27.1 Å². The summed E-state index contributed by atoms with van der Waals surface area (Å²) in [4.78, 5) is 21.6. The number of ether oxygens (including phenoxy) is 2. The summed E-state index contributed by atoms with van der Waals surface area (Å²) in [5.41, 5.74) is 1.13. The van der Waals surface area contributed by atoms with Crippen LogP contribution < -0.4 is 15.4 Å². The summed E-state index contributed by atoms with van der Waals surface area (Å²) in [5, 5.41) is 6.90. The molecule has 0 atom stereocenters. The maximum Gasteiger partial charge on any atom is 0.407 e. The Morgan fingerprint density at radius 2 is 2.00 bits per heavy atom. The van der Waals surface area contributed by atoms with Crippen LogP contribution in [0.1, 0.15) is 43.5 Å². The van der Waals surface area contributed by atoms with Gasteiger partial charge in [0.1, 0.15) is 6.26 Å². The van der Waals surface area contributed by atoms with Gasteiger partial charge in [-0.2, -0.15) is 0 Å². The predicted octanol–water partition coefficient (Wildman–Crippen LogP) is 3.99. The molecule has 3 N–H and O–H groups in total. The quantitative estimate of drug-likeness (QED) is 0.362. The van der Waals surface area contributed by atoms with E-state index < -0.39 is 10.0 Å². The summed E-state index contributed by atoms with van der Waals surface area (Å²) in [7, 11) is -3.75. The van der Waals surface area contributed by atoms with Gasteiger partial charge in [-0.25, -0.2) is 27.9 Å². The molecule has 0 unspecified atom stereocenters. The Morgan fingerprint density at radius 3 is 2.68 bits per heavy atom. The zero-order valence-electron chi connectivity index (χ0n) is 20.3. The van der Waals surface area contributed by atoms with Crippen LogP contribution in [0.3, 0.4) is 0 Å². The average molecular weight is 548 g/mol. The number of hydrogen-bond acceptors (Lipinski definition) is 10. The second-order valence-corrected chi connectivity index (χ2v) is 11.8. The minimum Gasteiger partial charge on any atom is -0.441 e. The van der Waals surface area contributed by atoms with Crippen LogP contribution >= 0.6 is 11.3 Å². The molecule has 1 amide bonds. The van der Waals surface area contributed by atoms with Crippen LogP contribution in [0.15, 0.2) is 46.2 Å². The molecule has 5 rings (SSSR count). The molecule has 1 aliphatic heterocycles. The first-order valence-electron chi connectivity index (χ1n) is 12.2. The van der Waals surface area contributed by atoms with E-state index >= 15 is 0 Å². The summed E-state index contributed by atoms with van der Waals surface area (Å²) in [5.74, 6) is 0.257. The van der Waals surface area contributed by atoms with Crippen molar-refractivity contribution in [3.63, 3.8) is 0 Å². The van der Waals surface area contributed by atoms with Crippen molar-refractivity contribution in [3.05, 3.63) is 41.9 Å². The largest absolute Gasteiger partial charge is 0.441 e. The summed E-state index contributed by atoms with van der Waals surface area (Å²) < 4.78 is 44.2. The fraction of sp³-hybridized carbons (Fsp3) is 0.458. The van der Waals surface area contributed by atoms with Crippen molar-refractivity contribution in [2.45, 2.75) is 55.6 Å². The van der Waals surface area contributed by atoms with E-state index in [-0.39, 0.29) is 41.6 Å². The highest BCUT2D eigenvalue weighted by atomic mass is 32.2. The van der Waals surface area contributed by atoms with E-state index in [4.69, 9.17) is 13.9 Å². The fourth-order valence-corrected chi connectivity index (χ4v) is 6.90. The SMILES string of the molecule is CCNS(=O)(=O)c1cc(Nc2ncco2)ccc1-c1cnc([C@H]2CC[C@H](NC(=O)OC3COC3)CC2)s1. The molecule has 1 aliphatic carbocycles. The number of benzene rings is 1. The van der Waals surface area contributed by atoms with Gasteiger partial charge in [0.2, 0.25) is 10.0 Å². The van der Waals surface area contributed by atoms with Crippen molar-refractivity contribution >= 4 is 39.2 Å². The Bertz CT molecular complexity index is 1320. The van der Waals surface area contributed by atoms with E-state index in [0.29, 0.717) is 24.5 Å². The van der Waals surface area contributed by atoms with Gasteiger partial charge in [-0.3, -0.25) is 0 Å². The van der Waals surface area contributed by atoms with Crippen LogP contribution in [-0.2, 0) is 19.5 Å². The molecule has 3 heterocycles. The third kappa shape index (κ3) is 6.12. The van der Waals surface area contributed by atoms with E-state index in [1.165, 1.54) is 23.8 Å². The van der Waals surface area contributed by atoms with Crippen LogP contribution in [0.4, 0.5) is 16.5 Å². The molecule has 3 aromatic rings. The first kappa shape index (κ1) is 25.6. The third-order valence-electron chi connectivity index (χ3n) is 6.36. The second-order valence-electron chi connectivity index (χ2n) is 8.99. The number of amides is 1. The Kier molecular flexibility index (Phi) is 7.74. The lowest BCUT2D eigenvalue weighted by molar-refractivity contribution is -0.0985. The van der Waals surface area contributed by atoms with E-state index in [9.17, 15) is 13.2 Å². The number of anilines is 2. The van der Waals surface area contributed by atoms with E-state index in [0.717, 1.165) is 35.6 Å². The van der Waals surface area contributed by atoms with Crippen molar-refractivity contribution in [1.82, 2.24) is 20.0 Å². The second kappa shape index (κ2) is 11.2. The molecule has 0 spiro atoms. The van der Waals surface area contributed by atoms with Gasteiger partial charge in [0, 0.05) is 36.0 Å². The van der Waals surface area contributed by atoms with Gasteiger partial charge >= 0.3 is 6.09 Å². The standard InChI is InChI=1S/C24H29N5O6S2/c1-2-27-37(31,32)21-11-17(28-23-25-9-10-34-23)7-8-19(21)20-12-26-22(36-20)15-3-5-16(6-4-15)29-24(30)35-18-13-33-14-18/h7-12,15-16,18,27H,2-6,13-14H2,1H3,(H,25,28)(H,29,30)/t15-,16-. The van der Waals surface area contributed by atoms with E-state index in [1.54, 1.807) is 31.3 Å². The van der Waals surface area contributed by atoms with Crippen molar-refractivity contribution in [2.75, 3.05) is 25.1 Å². The molecule has 1 saturated heterocycles. The zero-order valence-corrected chi connectivity index (χ0v) is 21.9. The Hall–Kier alpha value is -3.00. The highest BCUT2D eigenvalue weighted by Crippen LogP contribution is 2.40. The van der Waals surface area contributed by atoms with Gasteiger partial charge in [0.15, 0.2) is 6.10 Å². The van der Waals surface area contributed by atoms with Crippen LogP contribution in [0.25, 0.3) is 10.4 Å². The number of thiazole rings is 1. The monoisotopic (exact) mass is 547 g/mol. The van der Waals surface area contributed by atoms with E-state index in [1.807, 2.05) is 0 Å². The first-order valence-corrected chi connectivity index (χ1v) is 14.5. The van der Waals surface area contributed by atoms with Gasteiger partial charge in [-0.15, -0.1) is 11.3 Å². The number of carbonyl (C=O) groups excluding carboxylic acids is 1. The number of nitrogens with zero attached hydrogens (tertiary/aromatic N) is 2. The topological polar surface area (TPSA) is 145 Å². The molecule has 2 aromatic heterocycles. The number of oxazole rings is 1. The molecule has 0 radical (unpaired) electrons. The van der Waals surface area contributed by atoms with Crippen molar-refractivity contribution in [2.24, 2.45) is 0 Å². The number of sulfonamides is 1. The summed E-state index contributed by atoms with van der Waals surface area (Å²) >= 11 is 1.51. The molecule has 2 fully saturated rings. The molecule has 1 saturated carbocycles. The summed E-state index contributed by atoms with van der Waals surface area (Å²) in [6.45, 7) is 2.94. The Labute approximate surface area is 219 Å². The Morgan fingerprint density at radius 1 is 1.19 bits per heavy atom. The highest BCUT2D eigenvalue weighted by Gasteiger charge is 2.29. The van der Waals surface area contributed by atoms with Gasteiger partial charge in [0.25, 0.3) is 6.01 Å². The molecule has 198 valence electrons. The number of rotatable bonds is 9. The lowest BCUT2D eigenvalue weighted by Crippen LogP contribution is -2.44. The molecule has 2 aliphatic rings. The smallest absolute Gasteiger partial charge is 0.407 e. The number of alkyl carbamates (subject to hydrolysis) is 1. The lowest BCUT2D eigenvalue weighted by atomic mass is 9.86. The fourth-order valence-electron chi connectivity index (χ4n) is 4.42. The lowest BCUT2D eigenvalue weighted by Gasteiger charge is -2.30. The maximum atomic E-state index is 13.1. The number of nitrogens with one attached hydrogen (secondary N) is 3. The number of aromatic nitrogens is 2. The van der Waals surface area contributed by atoms with Gasteiger partial charge in [-0.1, -0.05) is 13.0 Å². The van der Waals surface area contributed by atoms with Gasteiger partial charge < -0.3 is 24.5 Å².